The molecule has 7 heteroatoms. The van der Waals surface area contributed by atoms with Crippen LogP contribution in [0.25, 0.3) is 0 Å². The van der Waals surface area contributed by atoms with Gasteiger partial charge in [-0.25, -0.2) is 9.97 Å². The molecule has 0 saturated heterocycles. The third-order valence-electron chi connectivity index (χ3n) is 2.03. The van der Waals surface area contributed by atoms with Gasteiger partial charge in [0.05, 0.1) is 5.38 Å². The summed E-state index contributed by atoms with van der Waals surface area (Å²) in [5, 5.41) is 3.14. The molecule has 2 atom stereocenters. The minimum Gasteiger partial charge on any atom is -0.354 e. The van der Waals surface area contributed by atoms with Crippen molar-refractivity contribution in [2.24, 2.45) is 0 Å². The molecule has 2 unspecified atom stereocenters. The van der Waals surface area contributed by atoms with Gasteiger partial charge in [-0.2, -0.15) is 0 Å². The van der Waals surface area contributed by atoms with Crippen LogP contribution in [0.2, 0.25) is 0 Å². The Kier molecular flexibility index (Phi) is 6.01. The summed E-state index contributed by atoms with van der Waals surface area (Å²) in [6.07, 6.45) is 3.08. The van der Waals surface area contributed by atoms with Crippen molar-refractivity contribution in [2.75, 3.05) is 11.9 Å². The second-order valence-corrected chi connectivity index (χ2v) is 4.99. The van der Waals surface area contributed by atoms with E-state index < -0.39 is 0 Å². The van der Waals surface area contributed by atoms with Crippen LogP contribution in [-0.4, -0.2) is 32.3 Å². The van der Waals surface area contributed by atoms with Gasteiger partial charge >= 0.3 is 0 Å². The van der Waals surface area contributed by atoms with E-state index in [2.05, 4.69) is 20.3 Å². The van der Waals surface area contributed by atoms with Gasteiger partial charge in [0.25, 0.3) is 0 Å². The number of alkyl halides is 2. The lowest BCUT2D eigenvalue weighted by molar-refractivity contribution is 0.697. The van der Waals surface area contributed by atoms with E-state index in [4.69, 9.17) is 35.4 Å². The molecule has 0 bridgehead atoms. The lowest BCUT2D eigenvalue weighted by Crippen LogP contribution is -2.19. The molecule has 0 saturated carbocycles. The van der Waals surface area contributed by atoms with Crippen LogP contribution in [0.4, 0.5) is 5.95 Å². The highest BCUT2D eigenvalue weighted by Gasteiger charge is 2.10. The fourth-order valence-corrected chi connectivity index (χ4v) is 1.87. The quantitative estimate of drug-likeness (QED) is 0.621. The average Bonchev–Trinajstić information content (AvgIpc) is 2.26. The van der Waals surface area contributed by atoms with E-state index >= 15 is 0 Å². The zero-order chi connectivity index (χ0) is 12.0. The Morgan fingerprint density at radius 2 is 2.19 bits per heavy atom. The van der Waals surface area contributed by atoms with Crippen LogP contribution < -0.4 is 5.32 Å². The molecule has 90 valence electrons. The summed E-state index contributed by atoms with van der Waals surface area (Å²) in [5.41, 5.74) is 0. The van der Waals surface area contributed by atoms with Crippen molar-refractivity contribution in [2.45, 2.75) is 30.5 Å². The molecular weight excluding hydrogens is 267 g/mol. The van der Waals surface area contributed by atoms with Gasteiger partial charge in [-0.05, 0) is 25.1 Å². The maximum atomic E-state index is 6.11. The predicted octanol–water partition coefficient (Wildman–Crippen LogP) is 2.96. The van der Waals surface area contributed by atoms with Gasteiger partial charge in [0.2, 0.25) is 10.7 Å². The summed E-state index contributed by atoms with van der Waals surface area (Å²) in [6.45, 7) is 2.63. The minimum absolute atomic E-state index is 0.0283. The number of aromatic amines is 1. The van der Waals surface area contributed by atoms with Crippen molar-refractivity contribution in [3.05, 3.63) is 11.1 Å². The molecule has 2 N–H and O–H groups in total. The van der Waals surface area contributed by atoms with Crippen molar-refractivity contribution in [1.82, 2.24) is 15.0 Å². The van der Waals surface area contributed by atoms with Crippen LogP contribution in [0.15, 0.2) is 6.33 Å². The van der Waals surface area contributed by atoms with Gasteiger partial charge in [-0.3, -0.25) is 0 Å². The second kappa shape index (κ2) is 7.04. The number of H-pyrrole nitrogens is 1. The Morgan fingerprint density at radius 1 is 1.44 bits per heavy atom. The topological polar surface area (TPSA) is 53.6 Å². The van der Waals surface area contributed by atoms with E-state index in [1.54, 1.807) is 0 Å². The van der Waals surface area contributed by atoms with Crippen LogP contribution in [0.3, 0.4) is 0 Å². The highest BCUT2D eigenvalue weighted by molar-refractivity contribution is 7.71. The molecule has 1 aromatic rings. The van der Waals surface area contributed by atoms with Crippen molar-refractivity contribution < 1.29 is 0 Å². The predicted molar refractivity (Wildman–Crippen MR) is 69.9 cm³/mol. The summed E-state index contributed by atoms with van der Waals surface area (Å²) in [4.78, 5) is 10.6. The molecule has 4 nitrogen and oxygen atoms in total. The Labute approximate surface area is 110 Å². The van der Waals surface area contributed by atoms with Gasteiger partial charge in [0.1, 0.15) is 6.33 Å². The summed E-state index contributed by atoms with van der Waals surface area (Å²) < 4.78 is 0.396. The number of hydrogen-bond donors (Lipinski definition) is 2. The summed E-state index contributed by atoms with van der Waals surface area (Å²) in [5.74, 6) is 0.577. The first kappa shape index (κ1) is 13.7. The first-order valence-corrected chi connectivity index (χ1v) is 6.33. The first-order chi connectivity index (χ1) is 7.61. The standard InChI is InChI=1S/C9H14Cl2N4S/c1-2-6(10)3-7(11)4-12-8-13-5-14-9(16)15-8/h5-7H,2-4H2,1H3,(H2,12,13,14,15,16). The molecule has 1 heterocycles. The molecule has 16 heavy (non-hydrogen) atoms. The molecule has 0 aromatic carbocycles. The SMILES string of the molecule is CCC(Cl)CC(Cl)CNc1ncnc(=S)[nH]1. The van der Waals surface area contributed by atoms with E-state index in [9.17, 15) is 0 Å². The molecule has 0 radical (unpaired) electrons. The normalized spacial score (nSPS) is 14.4. The van der Waals surface area contributed by atoms with Crippen LogP contribution >= 0.6 is 35.4 Å². The molecule has 0 fully saturated rings. The molecule has 1 rings (SSSR count). The summed E-state index contributed by atoms with van der Waals surface area (Å²) in [7, 11) is 0. The molecule has 0 spiro atoms. The Hall–Kier alpha value is -0.390. The van der Waals surface area contributed by atoms with Crippen molar-refractivity contribution >= 4 is 41.4 Å². The number of rotatable bonds is 6. The van der Waals surface area contributed by atoms with Crippen LogP contribution in [0.5, 0.6) is 0 Å². The summed E-state index contributed by atoms with van der Waals surface area (Å²) >= 11 is 17.0. The Balaban J connectivity index is 2.37. The fraction of sp³-hybridized carbons (Fsp3) is 0.667. The van der Waals surface area contributed by atoms with E-state index in [0.29, 0.717) is 17.3 Å². The maximum Gasteiger partial charge on any atom is 0.203 e. The highest BCUT2D eigenvalue weighted by Crippen LogP contribution is 2.14. The monoisotopic (exact) mass is 280 g/mol. The zero-order valence-electron chi connectivity index (χ0n) is 8.91. The van der Waals surface area contributed by atoms with Crippen LogP contribution in [-0.2, 0) is 0 Å². The van der Waals surface area contributed by atoms with Gasteiger partial charge < -0.3 is 10.3 Å². The lowest BCUT2D eigenvalue weighted by atomic mass is 10.2. The molecule has 0 aliphatic carbocycles. The van der Waals surface area contributed by atoms with Crippen LogP contribution in [0.1, 0.15) is 19.8 Å². The fourth-order valence-electron chi connectivity index (χ4n) is 1.13. The third-order valence-corrected chi connectivity index (χ3v) is 3.06. The Morgan fingerprint density at radius 3 is 2.81 bits per heavy atom. The Bertz CT molecular complexity index is 371. The van der Waals surface area contributed by atoms with E-state index in [1.165, 1.54) is 6.33 Å². The summed E-state index contributed by atoms with van der Waals surface area (Å²) in [6, 6.07) is 0. The van der Waals surface area contributed by atoms with Gasteiger partial charge in [0, 0.05) is 11.9 Å². The molecule has 1 aromatic heterocycles. The number of hydrogen-bond acceptors (Lipinski definition) is 4. The molecule has 0 aliphatic heterocycles. The number of halogens is 2. The minimum atomic E-state index is -0.0283. The van der Waals surface area contributed by atoms with Gasteiger partial charge in [-0.15, -0.1) is 23.2 Å². The van der Waals surface area contributed by atoms with E-state index in [-0.39, 0.29) is 10.8 Å². The van der Waals surface area contributed by atoms with Crippen molar-refractivity contribution in [3.63, 3.8) is 0 Å². The van der Waals surface area contributed by atoms with Gasteiger partial charge in [0.15, 0.2) is 0 Å². The van der Waals surface area contributed by atoms with Crippen molar-refractivity contribution in [1.29, 1.82) is 0 Å². The van der Waals surface area contributed by atoms with Gasteiger partial charge in [-0.1, -0.05) is 6.92 Å². The zero-order valence-corrected chi connectivity index (χ0v) is 11.2. The molecule has 0 aliphatic rings. The van der Waals surface area contributed by atoms with E-state index in [0.717, 1.165) is 12.8 Å². The highest BCUT2D eigenvalue weighted by atomic mass is 35.5. The molecular formula is C9H14Cl2N4S. The number of nitrogens with zero attached hydrogens (tertiary/aromatic N) is 2. The second-order valence-electron chi connectivity index (χ2n) is 3.37. The number of aromatic nitrogens is 3. The third kappa shape index (κ3) is 5.09. The van der Waals surface area contributed by atoms with Crippen molar-refractivity contribution in [3.8, 4) is 0 Å². The average molecular weight is 281 g/mol. The largest absolute Gasteiger partial charge is 0.354 e. The van der Waals surface area contributed by atoms with E-state index in [1.807, 2.05) is 6.92 Å². The first-order valence-electron chi connectivity index (χ1n) is 5.05. The maximum absolute atomic E-state index is 6.11. The lowest BCUT2D eigenvalue weighted by Gasteiger charge is -2.13. The van der Waals surface area contributed by atoms with Crippen LogP contribution in [0, 0.1) is 4.77 Å². The molecule has 0 amide bonds. The number of nitrogens with one attached hydrogen (secondary N) is 2. The number of anilines is 1. The smallest absolute Gasteiger partial charge is 0.203 e.